The number of aromatic carboxylic acids is 1. The van der Waals surface area contributed by atoms with Crippen molar-refractivity contribution in [1.29, 1.82) is 0 Å². The van der Waals surface area contributed by atoms with Crippen LogP contribution in [0.5, 0.6) is 11.5 Å². The molecule has 0 aliphatic carbocycles. The first kappa shape index (κ1) is 26.5. The number of carboxylic acids is 1. The van der Waals surface area contributed by atoms with Crippen molar-refractivity contribution in [2.75, 3.05) is 13.1 Å². The molecule has 10 heteroatoms. The van der Waals surface area contributed by atoms with Crippen LogP contribution >= 0.6 is 0 Å². The Kier molecular flexibility index (Phi) is 8.06. The van der Waals surface area contributed by atoms with Gasteiger partial charge >= 0.3 is 12.3 Å². The second kappa shape index (κ2) is 11.2. The van der Waals surface area contributed by atoms with E-state index < -0.39 is 18.4 Å². The highest BCUT2D eigenvalue weighted by Crippen LogP contribution is 2.39. The van der Waals surface area contributed by atoms with Crippen LogP contribution in [-0.2, 0) is 6.42 Å². The molecule has 1 aliphatic heterocycles. The molecule has 1 aromatic heterocycles. The average Bonchev–Trinajstić information content (AvgIpc) is 3.27. The van der Waals surface area contributed by atoms with Gasteiger partial charge in [0.25, 0.3) is 0 Å². The van der Waals surface area contributed by atoms with Gasteiger partial charge in [-0.05, 0) is 62.2 Å². The SMILES string of the molecule is CC(C)c1onc(-c2ccccc2OC(F)(F)F)c1CC(Oc1cccc(C(=O)O)c1)C1CCNCC1. The van der Waals surface area contributed by atoms with Crippen LogP contribution in [0.4, 0.5) is 13.2 Å². The van der Waals surface area contributed by atoms with Crippen LogP contribution in [0.3, 0.4) is 0 Å². The number of rotatable bonds is 9. The molecule has 4 rings (SSSR count). The molecule has 0 saturated carbocycles. The molecule has 0 spiro atoms. The molecule has 37 heavy (non-hydrogen) atoms. The number of ether oxygens (including phenoxy) is 2. The number of carboxylic acid groups (broad SMARTS) is 1. The minimum Gasteiger partial charge on any atom is -0.490 e. The first-order valence-electron chi connectivity index (χ1n) is 12.2. The molecule has 2 aromatic carbocycles. The number of alkyl halides is 3. The normalized spacial score (nSPS) is 15.5. The number of piperidine rings is 1. The number of aromatic nitrogens is 1. The van der Waals surface area contributed by atoms with Crippen molar-refractivity contribution >= 4 is 5.97 Å². The molecule has 2 N–H and O–H groups in total. The summed E-state index contributed by atoms with van der Waals surface area (Å²) in [6, 6.07) is 12.1. The van der Waals surface area contributed by atoms with E-state index >= 15 is 0 Å². The van der Waals surface area contributed by atoms with Gasteiger partial charge in [-0.25, -0.2) is 4.79 Å². The third kappa shape index (κ3) is 6.62. The van der Waals surface area contributed by atoms with Gasteiger partial charge in [-0.15, -0.1) is 13.2 Å². The zero-order chi connectivity index (χ0) is 26.6. The van der Waals surface area contributed by atoms with E-state index in [0.29, 0.717) is 23.5 Å². The minimum absolute atomic E-state index is 0.0871. The Balaban J connectivity index is 1.74. The van der Waals surface area contributed by atoms with Gasteiger partial charge in [-0.3, -0.25) is 0 Å². The zero-order valence-corrected chi connectivity index (χ0v) is 20.5. The van der Waals surface area contributed by atoms with E-state index in [-0.39, 0.29) is 34.4 Å². The number of halogens is 3. The van der Waals surface area contributed by atoms with Crippen molar-refractivity contribution in [3.8, 4) is 22.8 Å². The van der Waals surface area contributed by atoms with Crippen LogP contribution in [0.25, 0.3) is 11.3 Å². The number of hydrogen-bond acceptors (Lipinski definition) is 6. The molecule has 1 aliphatic rings. The highest BCUT2D eigenvalue weighted by molar-refractivity contribution is 5.88. The van der Waals surface area contributed by atoms with Crippen molar-refractivity contribution < 1.29 is 37.1 Å². The molecule has 3 aromatic rings. The van der Waals surface area contributed by atoms with Gasteiger partial charge in [-0.2, -0.15) is 0 Å². The van der Waals surface area contributed by atoms with Crippen molar-refractivity contribution in [1.82, 2.24) is 10.5 Å². The molecular weight excluding hydrogens is 489 g/mol. The first-order chi connectivity index (χ1) is 17.6. The lowest BCUT2D eigenvalue weighted by Gasteiger charge is -2.31. The molecule has 2 heterocycles. The molecule has 1 atom stereocenters. The largest absolute Gasteiger partial charge is 0.573 e. The van der Waals surface area contributed by atoms with Crippen LogP contribution in [0.1, 0.15) is 54.3 Å². The quantitative estimate of drug-likeness (QED) is 0.356. The summed E-state index contributed by atoms with van der Waals surface area (Å²) in [5.41, 5.74) is 1.19. The van der Waals surface area contributed by atoms with Gasteiger partial charge in [0, 0.05) is 23.5 Å². The maximum Gasteiger partial charge on any atom is 0.573 e. The van der Waals surface area contributed by atoms with E-state index in [9.17, 15) is 23.1 Å². The summed E-state index contributed by atoms with van der Waals surface area (Å²) in [5.74, 6) is -0.427. The van der Waals surface area contributed by atoms with Crippen LogP contribution in [0.15, 0.2) is 53.1 Å². The van der Waals surface area contributed by atoms with Gasteiger partial charge in [0.1, 0.15) is 29.1 Å². The molecule has 0 bridgehead atoms. The lowest BCUT2D eigenvalue weighted by atomic mass is 9.86. The molecule has 1 unspecified atom stereocenters. The van der Waals surface area contributed by atoms with Gasteiger partial charge in [0.2, 0.25) is 0 Å². The predicted octanol–water partition coefficient (Wildman–Crippen LogP) is 6.05. The number of para-hydroxylation sites is 1. The van der Waals surface area contributed by atoms with Crippen LogP contribution < -0.4 is 14.8 Å². The third-order valence-electron chi connectivity index (χ3n) is 6.39. The number of nitrogens with zero attached hydrogens (tertiary/aromatic N) is 1. The van der Waals surface area contributed by atoms with Crippen LogP contribution in [0, 0.1) is 5.92 Å². The highest BCUT2D eigenvalue weighted by Gasteiger charge is 2.34. The summed E-state index contributed by atoms with van der Waals surface area (Å²) in [6.45, 7) is 5.44. The maximum absolute atomic E-state index is 13.1. The first-order valence-corrected chi connectivity index (χ1v) is 12.2. The van der Waals surface area contributed by atoms with Crippen molar-refractivity contribution in [3.63, 3.8) is 0 Å². The highest BCUT2D eigenvalue weighted by atomic mass is 19.4. The van der Waals surface area contributed by atoms with Crippen molar-refractivity contribution in [2.24, 2.45) is 5.92 Å². The van der Waals surface area contributed by atoms with Crippen molar-refractivity contribution in [2.45, 2.75) is 51.5 Å². The Morgan fingerprint density at radius 1 is 1.16 bits per heavy atom. The molecular formula is C27H29F3N2O5. The van der Waals surface area contributed by atoms with Gasteiger partial charge in [0.05, 0.1) is 5.56 Å². The van der Waals surface area contributed by atoms with E-state index in [4.69, 9.17) is 9.26 Å². The Morgan fingerprint density at radius 3 is 2.57 bits per heavy atom. The fourth-order valence-corrected chi connectivity index (χ4v) is 4.66. The summed E-state index contributed by atoms with van der Waals surface area (Å²) in [7, 11) is 0. The second-order valence-corrected chi connectivity index (χ2v) is 9.35. The van der Waals surface area contributed by atoms with Crippen molar-refractivity contribution in [3.05, 3.63) is 65.4 Å². The molecule has 0 amide bonds. The number of nitrogens with one attached hydrogen (secondary N) is 1. The fraction of sp³-hybridized carbons (Fsp3) is 0.407. The third-order valence-corrected chi connectivity index (χ3v) is 6.39. The molecule has 1 fully saturated rings. The smallest absolute Gasteiger partial charge is 0.490 e. The molecule has 198 valence electrons. The summed E-state index contributed by atoms with van der Waals surface area (Å²) in [5, 5.41) is 16.9. The monoisotopic (exact) mass is 518 g/mol. The van der Waals surface area contributed by atoms with E-state index in [0.717, 1.165) is 25.9 Å². The maximum atomic E-state index is 13.1. The fourth-order valence-electron chi connectivity index (χ4n) is 4.66. The Labute approximate surface area is 212 Å². The summed E-state index contributed by atoms with van der Waals surface area (Å²) in [6.07, 6.45) is -3.29. The second-order valence-electron chi connectivity index (χ2n) is 9.35. The zero-order valence-electron chi connectivity index (χ0n) is 20.5. The molecule has 7 nitrogen and oxygen atoms in total. The number of benzene rings is 2. The van der Waals surface area contributed by atoms with Crippen LogP contribution in [-0.4, -0.2) is 41.8 Å². The summed E-state index contributed by atoms with van der Waals surface area (Å²) < 4.78 is 55.7. The van der Waals surface area contributed by atoms with E-state index in [1.165, 1.54) is 30.3 Å². The van der Waals surface area contributed by atoms with Gasteiger partial charge in [0.15, 0.2) is 0 Å². The Bertz CT molecular complexity index is 1220. The Morgan fingerprint density at radius 2 is 1.89 bits per heavy atom. The lowest BCUT2D eigenvalue weighted by molar-refractivity contribution is -0.274. The van der Waals surface area contributed by atoms with Crippen LogP contribution in [0.2, 0.25) is 0 Å². The molecule has 1 saturated heterocycles. The predicted molar refractivity (Wildman–Crippen MR) is 130 cm³/mol. The Hall–Kier alpha value is -3.53. The number of carbonyl (C=O) groups is 1. The topological polar surface area (TPSA) is 93.8 Å². The van der Waals surface area contributed by atoms with E-state index in [1.807, 2.05) is 13.8 Å². The summed E-state index contributed by atoms with van der Waals surface area (Å²) in [4.78, 5) is 11.5. The van der Waals surface area contributed by atoms with E-state index in [2.05, 4.69) is 15.2 Å². The lowest BCUT2D eigenvalue weighted by Crippen LogP contribution is -2.38. The number of hydrogen-bond donors (Lipinski definition) is 2. The average molecular weight is 519 g/mol. The standard InChI is InChI=1S/C27H29F3N2O5/c1-16(2)25-21(24(32-37-25)20-8-3-4-9-22(20)36-27(28,29)30)15-23(17-10-12-31-13-11-17)35-19-7-5-6-18(14-19)26(33)34/h3-9,14,16-17,23,31H,10-13,15H2,1-2H3,(H,33,34). The molecule has 0 radical (unpaired) electrons. The van der Waals surface area contributed by atoms with E-state index in [1.54, 1.807) is 18.2 Å². The van der Waals surface area contributed by atoms with Gasteiger partial charge in [-0.1, -0.05) is 37.2 Å². The minimum atomic E-state index is -4.86. The summed E-state index contributed by atoms with van der Waals surface area (Å²) >= 11 is 0. The van der Waals surface area contributed by atoms with Gasteiger partial charge < -0.3 is 24.4 Å².